The second-order valence-corrected chi connectivity index (χ2v) is 6.58. The quantitative estimate of drug-likeness (QED) is 0.455. The molecule has 7 nitrogen and oxygen atoms in total. The molecule has 4 rings (SSSR count). The summed E-state index contributed by atoms with van der Waals surface area (Å²) in [6.07, 6.45) is 1.57. The number of likely N-dealkylation sites (N-methyl/N-ethyl adjacent to an activating group) is 1. The lowest BCUT2D eigenvalue weighted by molar-refractivity contribution is 0.316. The van der Waals surface area contributed by atoms with Crippen molar-refractivity contribution in [1.82, 2.24) is 14.3 Å². The van der Waals surface area contributed by atoms with E-state index in [-0.39, 0.29) is 27.8 Å². The SMILES string of the molecule is CCN(CC)CCNc1ccc2ncn3c4c(O)ccc(=O)c4c(O)c1c23. The highest BCUT2D eigenvalue weighted by molar-refractivity contribution is 6.13. The number of nitrogens with one attached hydrogen (secondary N) is 1. The molecule has 27 heavy (non-hydrogen) atoms. The van der Waals surface area contributed by atoms with E-state index in [4.69, 9.17) is 0 Å². The number of phenolic OH excluding ortho intramolecular Hbond substituents is 1. The zero-order valence-corrected chi connectivity index (χ0v) is 15.4. The van der Waals surface area contributed by atoms with Crippen LogP contribution in [0.3, 0.4) is 0 Å². The van der Waals surface area contributed by atoms with Gasteiger partial charge in [0.1, 0.15) is 23.3 Å². The molecule has 0 radical (unpaired) electrons. The molecule has 2 aromatic heterocycles. The summed E-state index contributed by atoms with van der Waals surface area (Å²) in [6.45, 7) is 7.77. The molecule has 140 valence electrons. The third-order valence-electron chi connectivity index (χ3n) is 5.18. The molecule has 0 atom stereocenters. The van der Waals surface area contributed by atoms with Gasteiger partial charge >= 0.3 is 0 Å². The Labute approximate surface area is 155 Å². The first-order valence-electron chi connectivity index (χ1n) is 9.13. The largest absolute Gasteiger partial charge is 0.506 e. The van der Waals surface area contributed by atoms with Crippen LogP contribution in [0.1, 0.15) is 13.8 Å². The van der Waals surface area contributed by atoms with Crippen LogP contribution in [0, 0.1) is 0 Å². The van der Waals surface area contributed by atoms with E-state index in [9.17, 15) is 15.0 Å². The van der Waals surface area contributed by atoms with Crippen LogP contribution in [-0.4, -0.2) is 50.7 Å². The number of hydrogen-bond donors (Lipinski definition) is 3. The van der Waals surface area contributed by atoms with Crippen LogP contribution >= 0.6 is 0 Å². The van der Waals surface area contributed by atoms with Gasteiger partial charge in [-0.1, -0.05) is 13.8 Å². The summed E-state index contributed by atoms with van der Waals surface area (Å²) in [4.78, 5) is 19.1. The van der Waals surface area contributed by atoms with E-state index in [0.29, 0.717) is 23.0 Å². The second kappa shape index (κ2) is 6.59. The van der Waals surface area contributed by atoms with E-state index in [1.807, 2.05) is 12.1 Å². The summed E-state index contributed by atoms with van der Waals surface area (Å²) in [6, 6.07) is 6.34. The number of rotatable bonds is 6. The van der Waals surface area contributed by atoms with Crippen LogP contribution in [0.2, 0.25) is 0 Å². The van der Waals surface area contributed by atoms with Crippen molar-refractivity contribution in [2.24, 2.45) is 0 Å². The number of fused-ring (bicyclic) bond motifs is 2. The number of phenols is 1. The molecule has 0 saturated heterocycles. The molecule has 0 aliphatic rings. The van der Waals surface area contributed by atoms with Gasteiger partial charge in [0, 0.05) is 18.8 Å². The zero-order valence-electron chi connectivity index (χ0n) is 15.4. The lowest BCUT2D eigenvalue weighted by atomic mass is 10.1. The third-order valence-corrected chi connectivity index (χ3v) is 5.18. The average Bonchev–Trinajstić information content (AvgIpc) is 3.10. The molecule has 4 aromatic rings. The van der Waals surface area contributed by atoms with Crippen molar-refractivity contribution in [3.05, 3.63) is 40.8 Å². The van der Waals surface area contributed by atoms with Crippen molar-refractivity contribution in [2.45, 2.75) is 13.8 Å². The number of aromatic hydroxyl groups is 2. The summed E-state index contributed by atoms with van der Waals surface area (Å²) >= 11 is 0. The summed E-state index contributed by atoms with van der Waals surface area (Å²) in [5.74, 6) is -0.198. The molecule has 0 unspecified atom stereocenters. The molecule has 3 N–H and O–H groups in total. The molecular formula is C20H22N4O3. The van der Waals surface area contributed by atoms with E-state index < -0.39 is 0 Å². The maximum atomic E-state index is 12.4. The van der Waals surface area contributed by atoms with E-state index in [2.05, 4.69) is 29.0 Å². The van der Waals surface area contributed by atoms with Crippen molar-refractivity contribution >= 4 is 33.0 Å². The number of nitrogens with zero attached hydrogens (tertiary/aromatic N) is 3. The maximum absolute atomic E-state index is 12.4. The van der Waals surface area contributed by atoms with Crippen LogP contribution in [-0.2, 0) is 0 Å². The second-order valence-electron chi connectivity index (χ2n) is 6.58. The van der Waals surface area contributed by atoms with Gasteiger partial charge in [-0.15, -0.1) is 0 Å². The minimum absolute atomic E-state index is 0.0685. The third kappa shape index (κ3) is 2.62. The standard InChI is InChI=1S/C20H22N4O3/c1-3-23(4-2)10-9-21-12-5-6-13-18-16(12)20(27)17-14(25)7-8-15(26)19(17)24(18)11-22-13/h5-8,11,21,26-27H,3-4,9-10H2,1-2H3. The number of anilines is 1. The number of aromatic nitrogens is 2. The molecule has 0 bridgehead atoms. The van der Waals surface area contributed by atoms with Crippen LogP contribution in [0.5, 0.6) is 11.5 Å². The van der Waals surface area contributed by atoms with Gasteiger partial charge in [0.2, 0.25) is 0 Å². The molecule has 0 aliphatic carbocycles. The zero-order chi connectivity index (χ0) is 19.1. The van der Waals surface area contributed by atoms with Gasteiger partial charge in [0.15, 0.2) is 5.43 Å². The van der Waals surface area contributed by atoms with Crippen LogP contribution in [0.25, 0.3) is 27.3 Å². The van der Waals surface area contributed by atoms with E-state index >= 15 is 0 Å². The number of pyridine rings is 1. The van der Waals surface area contributed by atoms with Crippen molar-refractivity contribution in [2.75, 3.05) is 31.5 Å². The van der Waals surface area contributed by atoms with Gasteiger partial charge in [0.05, 0.1) is 21.8 Å². The fourth-order valence-electron chi connectivity index (χ4n) is 3.71. The lowest BCUT2D eigenvalue weighted by Gasteiger charge is -2.19. The Morgan fingerprint density at radius 1 is 1.07 bits per heavy atom. The number of benzene rings is 2. The molecular weight excluding hydrogens is 344 g/mol. The average molecular weight is 366 g/mol. The first-order chi connectivity index (χ1) is 13.1. The highest BCUT2D eigenvalue weighted by atomic mass is 16.3. The molecule has 0 amide bonds. The monoisotopic (exact) mass is 366 g/mol. The minimum Gasteiger partial charge on any atom is -0.506 e. The Bertz CT molecular complexity index is 1180. The van der Waals surface area contributed by atoms with Gasteiger partial charge in [-0.3, -0.25) is 9.20 Å². The van der Waals surface area contributed by atoms with Crippen molar-refractivity contribution in [3.63, 3.8) is 0 Å². The smallest absolute Gasteiger partial charge is 0.191 e. The Hall–Kier alpha value is -3.06. The maximum Gasteiger partial charge on any atom is 0.191 e. The van der Waals surface area contributed by atoms with Gasteiger partial charge in [-0.25, -0.2) is 4.98 Å². The first kappa shape index (κ1) is 17.4. The molecule has 7 heteroatoms. The molecule has 0 aliphatic heterocycles. The normalized spacial score (nSPS) is 12.0. The summed E-state index contributed by atoms with van der Waals surface area (Å²) < 4.78 is 1.67. The van der Waals surface area contributed by atoms with Crippen LogP contribution in [0.15, 0.2) is 35.4 Å². The minimum atomic E-state index is -0.342. The van der Waals surface area contributed by atoms with Crippen LogP contribution in [0.4, 0.5) is 5.69 Å². The fraction of sp³-hybridized carbons (Fsp3) is 0.300. The molecule has 2 heterocycles. The lowest BCUT2D eigenvalue weighted by Crippen LogP contribution is -2.28. The van der Waals surface area contributed by atoms with Gasteiger partial charge < -0.3 is 20.4 Å². The highest BCUT2D eigenvalue weighted by Crippen LogP contribution is 2.40. The Balaban J connectivity index is 1.93. The summed E-state index contributed by atoms with van der Waals surface area (Å²) in [7, 11) is 0. The van der Waals surface area contributed by atoms with E-state index in [1.54, 1.807) is 10.7 Å². The predicted octanol–water partition coefficient (Wildman–Crippen LogP) is 2.60. The first-order valence-corrected chi connectivity index (χ1v) is 9.13. The van der Waals surface area contributed by atoms with Crippen molar-refractivity contribution in [1.29, 1.82) is 0 Å². The number of imidazole rings is 1. The highest BCUT2D eigenvalue weighted by Gasteiger charge is 2.20. The molecule has 0 fully saturated rings. The summed E-state index contributed by atoms with van der Waals surface area (Å²) in [5, 5.41) is 25.2. The van der Waals surface area contributed by atoms with E-state index in [1.165, 1.54) is 12.1 Å². The van der Waals surface area contributed by atoms with Gasteiger partial charge in [0.25, 0.3) is 0 Å². The van der Waals surface area contributed by atoms with Crippen molar-refractivity contribution in [3.8, 4) is 11.5 Å². The Morgan fingerprint density at radius 3 is 2.59 bits per heavy atom. The molecule has 0 saturated carbocycles. The topological polar surface area (TPSA) is 90.1 Å². The summed E-state index contributed by atoms with van der Waals surface area (Å²) in [5.41, 5.74) is 2.03. The number of hydrogen-bond acceptors (Lipinski definition) is 6. The molecule has 0 spiro atoms. The Morgan fingerprint density at radius 2 is 1.85 bits per heavy atom. The Kier molecular flexibility index (Phi) is 4.24. The predicted molar refractivity (Wildman–Crippen MR) is 107 cm³/mol. The van der Waals surface area contributed by atoms with Gasteiger partial charge in [-0.2, -0.15) is 0 Å². The fourth-order valence-corrected chi connectivity index (χ4v) is 3.71. The molecule has 2 aromatic carbocycles. The van der Waals surface area contributed by atoms with Crippen LogP contribution < -0.4 is 10.7 Å². The van der Waals surface area contributed by atoms with Crippen molar-refractivity contribution < 1.29 is 10.2 Å². The van der Waals surface area contributed by atoms with Gasteiger partial charge in [-0.05, 0) is 37.4 Å². The van der Waals surface area contributed by atoms with E-state index in [0.717, 1.165) is 25.3 Å².